The molecule has 3 N–H and O–H groups in total. The van der Waals surface area contributed by atoms with E-state index in [9.17, 15) is 19.0 Å². The van der Waals surface area contributed by atoms with Crippen LogP contribution in [-0.2, 0) is 32.7 Å². The Balaban J connectivity index is 3.99. The predicted octanol–water partition coefficient (Wildman–Crippen LogP) is 19.1. The van der Waals surface area contributed by atoms with E-state index >= 15 is 0 Å². The van der Waals surface area contributed by atoms with Crippen LogP contribution in [0.3, 0.4) is 0 Å². The van der Waals surface area contributed by atoms with Crippen LogP contribution in [0.2, 0.25) is 0 Å². The van der Waals surface area contributed by atoms with Gasteiger partial charge in [-0.25, -0.2) is 4.57 Å². The second-order valence-electron chi connectivity index (χ2n) is 19.8. The molecule has 0 heterocycles. The van der Waals surface area contributed by atoms with Gasteiger partial charge in [-0.1, -0.05) is 253 Å². The van der Waals surface area contributed by atoms with Crippen LogP contribution >= 0.6 is 7.82 Å². The van der Waals surface area contributed by atoms with Gasteiger partial charge >= 0.3 is 19.8 Å². The lowest BCUT2D eigenvalue weighted by Gasteiger charge is -2.19. The van der Waals surface area contributed by atoms with Gasteiger partial charge in [0, 0.05) is 19.4 Å². The van der Waals surface area contributed by atoms with Crippen LogP contribution in [0.1, 0.15) is 271 Å². The first-order valence-electron chi connectivity index (χ1n) is 30.1. The van der Waals surface area contributed by atoms with Crippen LogP contribution < -0.4 is 5.73 Å². The first kappa shape index (κ1) is 70.2. The van der Waals surface area contributed by atoms with Gasteiger partial charge in [0.2, 0.25) is 0 Å². The molecule has 0 saturated heterocycles. The Kier molecular flexibility index (Phi) is 56.2. The molecule has 73 heavy (non-hydrogen) atoms. The van der Waals surface area contributed by atoms with Crippen molar-refractivity contribution in [3.8, 4) is 0 Å². The lowest BCUT2D eigenvalue weighted by Crippen LogP contribution is -2.29. The van der Waals surface area contributed by atoms with E-state index in [4.69, 9.17) is 24.3 Å². The maximum absolute atomic E-state index is 12.7. The molecule has 0 rings (SSSR count). The number of esters is 2. The monoisotopic (exact) mass is 1040 g/mol. The molecule has 0 aliphatic rings. The first-order valence-corrected chi connectivity index (χ1v) is 31.6. The Morgan fingerprint density at radius 2 is 0.753 bits per heavy atom. The first-order chi connectivity index (χ1) is 35.8. The second-order valence-corrected chi connectivity index (χ2v) is 21.3. The third-order valence-electron chi connectivity index (χ3n) is 12.8. The minimum Gasteiger partial charge on any atom is -0.462 e. The van der Waals surface area contributed by atoms with E-state index in [2.05, 4.69) is 98.9 Å². The van der Waals surface area contributed by atoms with Gasteiger partial charge in [-0.15, -0.1) is 0 Å². The zero-order valence-corrected chi connectivity index (χ0v) is 48.0. The van der Waals surface area contributed by atoms with Crippen LogP contribution in [0, 0.1) is 0 Å². The number of hydrogen-bond acceptors (Lipinski definition) is 8. The number of ether oxygens (including phenoxy) is 2. The highest BCUT2D eigenvalue weighted by Crippen LogP contribution is 2.43. The van der Waals surface area contributed by atoms with Crippen molar-refractivity contribution in [2.45, 2.75) is 277 Å². The quantitative estimate of drug-likeness (QED) is 0.0264. The molecule has 0 aromatic heterocycles. The molecule has 2 unspecified atom stereocenters. The van der Waals surface area contributed by atoms with E-state index in [0.717, 1.165) is 96.3 Å². The number of hydrogen-bond donors (Lipinski definition) is 2. The minimum atomic E-state index is -4.40. The van der Waals surface area contributed by atoms with Crippen LogP contribution in [0.15, 0.2) is 85.1 Å². The van der Waals surface area contributed by atoms with Crippen molar-refractivity contribution in [1.29, 1.82) is 0 Å². The fourth-order valence-electron chi connectivity index (χ4n) is 8.34. The number of phosphoric ester groups is 1. The molecule has 0 fully saturated rings. The number of nitrogens with two attached hydrogens (primary N) is 1. The van der Waals surface area contributed by atoms with Gasteiger partial charge in [-0.3, -0.25) is 18.6 Å². The summed E-state index contributed by atoms with van der Waals surface area (Å²) < 4.78 is 33.1. The molecule has 0 aromatic rings. The molecule has 0 amide bonds. The molecule has 0 aliphatic heterocycles. The molecule has 0 bridgehead atoms. The van der Waals surface area contributed by atoms with Crippen molar-refractivity contribution in [2.24, 2.45) is 5.73 Å². The van der Waals surface area contributed by atoms with Crippen LogP contribution in [0.25, 0.3) is 0 Å². The van der Waals surface area contributed by atoms with Crippen molar-refractivity contribution >= 4 is 19.8 Å². The Labute approximate surface area is 449 Å². The summed E-state index contributed by atoms with van der Waals surface area (Å²) in [7, 11) is -4.40. The van der Waals surface area contributed by atoms with E-state index in [-0.39, 0.29) is 38.6 Å². The number of carbonyl (C=O) groups excluding carboxylic acids is 2. The summed E-state index contributed by atoms with van der Waals surface area (Å²) in [5.41, 5.74) is 5.38. The topological polar surface area (TPSA) is 134 Å². The predicted molar refractivity (Wildman–Crippen MR) is 312 cm³/mol. The smallest absolute Gasteiger partial charge is 0.462 e. The van der Waals surface area contributed by atoms with Gasteiger partial charge in [0.25, 0.3) is 0 Å². The molecule has 0 radical (unpaired) electrons. The largest absolute Gasteiger partial charge is 0.472 e. The summed E-state index contributed by atoms with van der Waals surface area (Å²) >= 11 is 0. The number of carbonyl (C=O) groups is 2. The van der Waals surface area contributed by atoms with Gasteiger partial charge in [-0.05, 0) is 89.9 Å². The Bertz CT molecular complexity index is 1470. The number of rotatable bonds is 56. The summed E-state index contributed by atoms with van der Waals surface area (Å²) in [6, 6.07) is 0. The number of unbranched alkanes of at least 4 members (excludes halogenated alkanes) is 29. The SMILES string of the molecule is CC/C=C\C/C=C\C/C=C\C/C=C\C/C=C\C/C=C\CCCCCCCCC(=O)OC(COC(=O)CCCCCCCCCCCCCCCCC/C=C\CCCCCCCCCC)COP(=O)(O)OCCN. The van der Waals surface area contributed by atoms with Gasteiger partial charge in [0.15, 0.2) is 6.10 Å². The lowest BCUT2D eigenvalue weighted by molar-refractivity contribution is -0.161. The molecule has 0 aromatic carbocycles. The maximum Gasteiger partial charge on any atom is 0.472 e. The van der Waals surface area contributed by atoms with Crippen molar-refractivity contribution < 1.29 is 37.6 Å². The second kappa shape index (κ2) is 58.5. The standard InChI is InChI=1S/C63H112NO8P/c1-3-5-7-9-11-13-15-17-19-21-23-25-27-29-30-32-33-35-37-39-41-43-45-47-49-51-53-55-62(65)69-59-61(60-71-73(67,68)70-58-57-64)72-63(66)56-54-52-50-48-46-44-42-40-38-36-34-31-28-26-24-22-20-18-16-14-12-10-8-6-4-2/h6,8,12,14,18,20-21,23-24,26,31,34,38,40,61H,3-5,7,9-11,13,15-17,19,22,25,27-30,32-33,35-37,39,41-60,64H2,1-2H3,(H,67,68)/b8-6-,14-12-,20-18-,23-21-,26-24-,34-31-,40-38-. The molecule has 0 spiro atoms. The van der Waals surface area contributed by atoms with Gasteiger partial charge < -0.3 is 20.1 Å². The van der Waals surface area contributed by atoms with E-state index in [1.807, 2.05) is 0 Å². The molecule has 2 atom stereocenters. The normalized spacial score (nSPS) is 13.6. The maximum atomic E-state index is 12.7. The molecule has 0 saturated carbocycles. The number of phosphoric acid groups is 1. The van der Waals surface area contributed by atoms with E-state index < -0.39 is 26.5 Å². The molecular weight excluding hydrogens is 930 g/mol. The minimum absolute atomic E-state index is 0.0475. The Morgan fingerprint density at radius 3 is 1.14 bits per heavy atom. The van der Waals surface area contributed by atoms with Crippen molar-refractivity contribution in [3.63, 3.8) is 0 Å². The highest BCUT2D eigenvalue weighted by atomic mass is 31.2. The summed E-state index contributed by atoms with van der Waals surface area (Å²) in [5, 5.41) is 0. The average Bonchev–Trinajstić information content (AvgIpc) is 3.38. The summed E-state index contributed by atoms with van der Waals surface area (Å²) in [4.78, 5) is 35.2. The van der Waals surface area contributed by atoms with Crippen molar-refractivity contribution in [2.75, 3.05) is 26.4 Å². The average molecular weight is 1040 g/mol. The van der Waals surface area contributed by atoms with Gasteiger partial charge in [-0.2, -0.15) is 0 Å². The highest BCUT2D eigenvalue weighted by Gasteiger charge is 2.26. The zero-order chi connectivity index (χ0) is 53.1. The fraction of sp³-hybridized carbons (Fsp3) is 0.746. The Morgan fingerprint density at radius 1 is 0.425 bits per heavy atom. The van der Waals surface area contributed by atoms with E-state index in [0.29, 0.717) is 6.42 Å². The molecule has 0 aliphatic carbocycles. The number of allylic oxidation sites excluding steroid dienone is 14. The van der Waals surface area contributed by atoms with Crippen LogP contribution in [0.5, 0.6) is 0 Å². The lowest BCUT2D eigenvalue weighted by atomic mass is 10.0. The molecular formula is C63H112NO8P. The fourth-order valence-corrected chi connectivity index (χ4v) is 9.11. The summed E-state index contributed by atoms with van der Waals surface area (Å²) in [6.45, 7) is 3.63. The molecule has 10 heteroatoms. The molecule has 422 valence electrons. The molecule has 9 nitrogen and oxygen atoms in total. The summed E-state index contributed by atoms with van der Waals surface area (Å²) in [5.74, 6) is -0.841. The third-order valence-corrected chi connectivity index (χ3v) is 13.7. The Hall–Kier alpha value is -2.81. The van der Waals surface area contributed by atoms with Gasteiger partial charge in [0.05, 0.1) is 13.2 Å². The van der Waals surface area contributed by atoms with Crippen molar-refractivity contribution in [1.82, 2.24) is 0 Å². The van der Waals surface area contributed by atoms with E-state index in [1.54, 1.807) is 0 Å². The van der Waals surface area contributed by atoms with E-state index in [1.165, 1.54) is 141 Å². The third kappa shape index (κ3) is 58.3. The summed E-state index contributed by atoms with van der Waals surface area (Å²) in [6.07, 6.45) is 76.4. The van der Waals surface area contributed by atoms with Gasteiger partial charge in [0.1, 0.15) is 6.61 Å². The van der Waals surface area contributed by atoms with Crippen molar-refractivity contribution in [3.05, 3.63) is 85.1 Å². The highest BCUT2D eigenvalue weighted by molar-refractivity contribution is 7.47. The van der Waals surface area contributed by atoms with Crippen LogP contribution in [0.4, 0.5) is 0 Å². The van der Waals surface area contributed by atoms with Crippen LogP contribution in [-0.4, -0.2) is 49.3 Å². The zero-order valence-electron chi connectivity index (χ0n) is 47.1.